The van der Waals surface area contributed by atoms with Crippen molar-refractivity contribution in [1.82, 2.24) is 9.78 Å². The smallest absolute Gasteiger partial charge is 0.125 e. The van der Waals surface area contributed by atoms with Crippen molar-refractivity contribution in [3.8, 4) is 0 Å². The third-order valence-corrected chi connectivity index (χ3v) is 3.09. The van der Waals surface area contributed by atoms with E-state index in [-0.39, 0.29) is 6.04 Å². The summed E-state index contributed by atoms with van der Waals surface area (Å²) in [6.07, 6.45) is 1.77. The molecule has 0 aliphatic rings. The predicted octanol–water partition coefficient (Wildman–Crippen LogP) is 3.04. The average Bonchev–Trinajstić information content (AvgIpc) is 2.60. The minimum absolute atomic E-state index is 0.0439. The maximum atomic E-state index is 6.15. The predicted molar refractivity (Wildman–Crippen MR) is 66.6 cm³/mol. The Morgan fingerprint density at radius 2 is 2.06 bits per heavy atom. The first kappa shape index (κ1) is 11.0. The summed E-state index contributed by atoms with van der Waals surface area (Å²) in [4.78, 5) is 0. The number of nitrogens with zero attached hydrogens (tertiary/aromatic N) is 2. The molecule has 2 aromatic rings. The largest absolute Gasteiger partial charge is 0.384 e. The third kappa shape index (κ3) is 1.78. The SMILES string of the molecule is Cc1cnn(C(C)c2ccccc2Cl)c1N. The number of hydrogen-bond donors (Lipinski definition) is 1. The van der Waals surface area contributed by atoms with Crippen LogP contribution in [0.25, 0.3) is 0 Å². The monoisotopic (exact) mass is 235 g/mol. The first-order chi connectivity index (χ1) is 7.61. The van der Waals surface area contributed by atoms with Crippen LogP contribution < -0.4 is 5.73 Å². The van der Waals surface area contributed by atoms with E-state index in [0.29, 0.717) is 5.82 Å². The summed E-state index contributed by atoms with van der Waals surface area (Å²) in [5.41, 5.74) is 7.96. The van der Waals surface area contributed by atoms with Gasteiger partial charge in [0.1, 0.15) is 5.82 Å². The van der Waals surface area contributed by atoms with Crippen molar-refractivity contribution in [2.75, 3.05) is 5.73 Å². The van der Waals surface area contributed by atoms with Crippen LogP contribution in [0.2, 0.25) is 5.02 Å². The lowest BCUT2D eigenvalue weighted by atomic mass is 10.1. The number of halogens is 1. The second-order valence-corrected chi connectivity index (χ2v) is 4.26. The van der Waals surface area contributed by atoms with E-state index in [1.54, 1.807) is 10.9 Å². The maximum Gasteiger partial charge on any atom is 0.125 e. The van der Waals surface area contributed by atoms with Gasteiger partial charge in [0.05, 0.1) is 12.2 Å². The molecule has 1 aromatic carbocycles. The van der Waals surface area contributed by atoms with Crippen molar-refractivity contribution < 1.29 is 0 Å². The fourth-order valence-electron chi connectivity index (χ4n) is 1.71. The Bertz CT molecular complexity index is 505. The highest BCUT2D eigenvalue weighted by molar-refractivity contribution is 6.31. The molecule has 0 saturated heterocycles. The van der Waals surface area contributed by atoms with Crippen molar-refractivity contribution in [3.05, 3.63) is 46.6 Å². The van der Waals surface area contributed by atoms with Crippen LogP contribution >= 0.6 is 11.6 Å². The lowest BCUT2D eigenvalue weighted by molar-refractivity contribution is 0.573. The molecule has 0 fully saturated rings. The van der Waals surface area contributed by atoms with Gasteiger partial charge in [0.2, 0.25) is 0 Å². The highest BCUT2D eigenvalue weighted by Crippen LogP contribution is 2.27. The molecule has 0 saturated carbocycles. The van der Waals surface area contributed by atoms with Gasteiger partial charge in [0.25, 0.3) is 0 Å². The molecule has 0 bridgehead atoms. The van der Waals surface area contributed by atoms with Gasteiger partial charge in [-0.15, -0.1) is 0 Å². The van der Waals surface area contributed by atoms with Gasteiger partial charge >= 0.3 is 0 Å². The molecular weight excluding hydrogens is 222 g/mol. The van der Waals surface area contributed by atoms with E-state index >= 15 is 0 Å². The minimum atomic E-state index is 0.0439. The Balaban J connectivity index is 2.43. The maximum absolute atomic E-state index is 6.15. The number of rotatable bonds is 2. The lowest BCUT2D eigenvalue weighted by Gasteiger charge is -2.15. The van der Waals surface area contributed by atoms with E-state index in [1.165, 1.54) is 0 Å². The van der Waals surface area contributed by atoms with Crippen molar-refractivity contribution in [1.29, 1.82) is 0 Å². The summed E-state index contributed by atoms with van der Waals surface area (Å²) >= 11 is 6.15. The van der Waals surface area contributed by atoms with E-state index in [1.807, 2.05) is 38.1 Å². The van der Waals surface area contributed by atoms with Crippen LogP contribution in [0.5, 0.6) is 0 Å². The quantitative estimate of drug-likeness (QED) is 0.870. The Morgan fingerprint density at radius 3 is 2.62 bits per heavy atom. The fraction of sp³-hybridized carbons (Fsp3) is 0.250. The second kappa shape index (κ2) is 4.18. The van der Waals surface area contributed by atoms with Gasteiger partial charge in [0, 0.05) is 10.6 Å². The van der Waals surface area contributed by atoms with Crippen LogP contribution in [-0.2, 0) is 0 Å². The molecule has 0 spiro atoms. The molecule has 1 atom stereocenters. The number of nitrogen functional groups attached to an aromatic ring is 1. The third-order valence-electron chi connectivity index (χ3n) is 2.75. The molecule has 0 aliphatic carbocycles. The summed E-state index contributed by atoms with van der Waals surface area (Å²) in [7, 11) is 0. The molecule has 3 nitrogen and oxygen atoms in total. The zero-order chi connectivity index (χ0) is 11.7. The summed E-state index contributed by atoms with van der Waals surface area (Å²) in [5.74, 6) is 0.687. The number of aryl methyl sites for hydroxylation is 1. The number of nitrogens with two attached hydrogens (primary N) is 1. The molecule has 2 rings (SSSR count). The van der Waals surface area contributed by atoms with Gasteiger partial charge in [-0.05, 0) is 25.5 Å². The van der Waals surface area contributed by atoms with Gasteiger partial charge < -0.3 is 5.73 Å². The normalized spacial score (nSPS) is 12.7. The molecule has 1 unspecified atom stereocenters. The van der Waals surface area contributed by atoms with Crippen LogP contribution in [0.4, 0.5) is 5.82 Å². The van der Waals surface area contributed by atoms with E-state index < -0.39 is 0 Å². The van der Waals surface area contributed by atoms with Gasteiger partial charge in [-0.1, -0.05) is 29.8 Å². The van der Waals surface area contributed by atoms with E-state index in [0.717, 1.165) is 16.1 Å². The fourth-order valence-corrected chi connectivity index (χ4v) is 2.01. The van der Waals surface area contributed by atoms with Gasteiger partial charge in [-0.2, -0.15) is 5.10 Å². The Labute approximate surface area is 99.8 Å². The van der Waals surface area contributed by atoms with Gasteiger partial charge in [0.15, 0.2) is 0 Å². The standard InChI is InChI=1S/C12H14ClN3/c1-8-7-15-16(12(8)14)9(2)10-5-3-4-6-11(10)13/h3-7,9H,14H2,1-2H3. The molecule has 1 aromatic heterocycles. The zero-order valence-corrected chi connectivity index (χ0v) is 10.1. The molecule has 84 valence electrons. The van der Waals surface area contributed by atoms with Crippen LogP contribution in [0.15, 0.2) is 30.5 Å². The summed E-state index contributed by atoms with van der Waals surface area (Å²) in [6.45, 7) is 3.97. The number of anilines is 1. The number of benzene rings is 1. The number of hydrogen-bond acceptors (Lipinski definition) is 2. The highest BCUT2D eigenvalue weighted by Gasteiger charge is 2.14. The lowest BCUT2D eigenvalue weighted by Crippen LogP contribution is -2.12. The van der Waals surface area contributed by atoms with Crippen molar-refractivity contribution >= 4 is 17.4 Å². The first-order valence-electron chi connectivity index (χ1n) is 5.15. The van der Waals surface area contributed by atoms with E-state index in [2.05, 4.69) is 5.10 Å². The molecule has 0 amide bonds. The first-order valence-corrected chi connectivity index (χ1v) is 5.53. The van der Waals surface area contributed by atoms with Gasteiger partial charge in [-0.3, -0.25) is 0 Å². The van der Waals surface area contributed by atoms with Gasteiger partial charge in [-0.25, -0.2) is 4.68 Å². The van der Waals surface area contributed by atoms with Crippen LogP contribution in [0.3, 0.4) is 0 Å². The zero-order valence-electron chi connectivity index (χ0n) is 9.31. The molecule has 0 aliphatic heterocycles. The second-order valence-electron chi connectivity index (χ2n) is 3.85. The molecule has 1 heterocycles. The molecule has 16 heavy (non-hydrogen) atoms. The summed E-state index contributed by atoms with van der Waals surface area (Å²) in [5, 5.41) is 5.00. The molecule has 4 heteroatoms. The molecule has 0 radical (unpaired) electrons. The number of aromatic nitrogens is 2. The van der Waals surface area contributed by atoms with Crippen molar-refractivity contribution in [2.24, 2.45) is 0 Å². The minimum Gasteiger partial charge on any atom is -0.384 e. The van der Waals surface area contributed by atoms with Crippen molar-refractivity contribution in [3.63, 3.8) is 0 Å². The molecular formula is C12H14ClN3. The average molecular weight is 236 g/mol. The Morgan fingerprint density at radius 1 is 1.38 bits per heavy atom. The Kier molecular flexibility index (Phi) is 2.88. The van der Waals surface area contributed by atoms with E-state index in [9.17, 15) is 0 Å². The summed E-state index contributed by atoms with van der Waals surface area (Å²) < 4.78 is 1.79. The highest BCUT2D eigenvalue weighted by atomic mass is 35.5. The topological polar surface area (TPSA) is 43.8 Å². The summed E-state index contributed by atoms with van der Waals surface area (Å²) in [6, 6.07) is 7.78. The van der Waals surface area contributed by atoms with Crippen LogP contribution in [0, 0.1) is 6.92 Å². The van der Waals surface area contributed by atoms with E-state index in [4.69, 9.17) is 17.3 Å². The van der Waals surface area contributed by atoms with Crippen molar-refractivity contribution in [2.45, 2.75) is 19.9 Å². The molecule has 2 N–H and O–H groups in total. The Hall–Kier alpha value is -1.48. The van der Waals surface area contributed by atoms with Crippen LogP contribution in [-0.4, -0.2) is 9.78 Å². The van der Waals surface area contributed by atoms with Crippen LogP contribution in [0.1, 0.15) is 24.1 Å².